The zero-order valence-electron chi connectivity index (χ0n) is 6.99. The van der Waals surface area contributed by atoms with E-state index in [2.05, 4.69) is 27.6 Å². The maximum Gasteiger partial charge on any atom is 0.168 e. The number of halogens is 1. The molecule has 2 heterocycles. The number of carbonyl (C=O) groups excluding carboxylic acids is 1. The van der Waals surface area contributed by atoms with Gasteiger partial charge in [0, 0.05) is 9.26 Å². The second-order valence-electron chi connectivity index (χ2n) is 2.76. The quantitative estimate of drug-likeness (QED) is 0.594. The van der Waals surface area contributed by atoms with Crippen LogP contribution in [0.3, 0.4) is 0 Å². The van der Waals surface area contributed by atoms with Crippen LogP contribution in [-0.2, 0) is 0 Å². The maximum atomic E-state index is 10.7. The minimum absolute atomic E-state index is 0.603. The lowest BCUT2D eigenvalue weighted by atomic mass is 10.3. The van der Waals surface area contributed by atoms with Crippen LogP contribution in [0.2, 0.25) is 0 Å². The molecule has 0 N–H and O–H groups in total. The summed E-state index contributed by atoms with van der Waals surface area (Å²) < 4.78 is 2.99. The molecule has 2 aromatic heterocycles. The summed E-state index contributed by atoms with van der Waals surface area (Å²) in [4.78, 5) is 14.8. The first-order valence-electron chi connectivity index (χ1n) is 3.82. The van der Waals surface area contributed by atoms with Gasteiger partial charge >= 0.3 is 0 Å². The van der Waals surface area contributed by atoms with Crippen LogP contribution in [0.25, 0.3) is 5.65 Å². The Hall–Kier alpha value is -0.910. The van der Waals surface area contributed by atoms with Crippen LogP contribution in [0, 0.1) is 10.5 Å². The fourth-order valence-electron chi connectivity index (χ4n) is 1.32. The largest absolute Gasteiger partial charge is 0.296 e. The molecule has 2 rings (SSSR count). The highest BCUT2D eigenvalue weighted by Crippen LogP contribution is 2.15. The lowest BCUT2D eigenvalue weighted by Gasteiger charge is -2.02. The molecule has 0 saturated heterocycles. The molecule has 0 unspecified atom stereocenters. The molecule has 0 saturated carbocycles. The molecule has 0 aliphatic carbocycles. The van der Waals surface area contributed by atoms with E-state index < -0.39 is 0 Å². The predicted octanol–water partition coefficient (Wildman–Crippen LogP) is 2.06. The number of pyridine rings is 1. The third kappa shape index (κ3) is 1.25. The van der Waals surface area contributed by atoms with E-state index in [-0.39, 0.29) is 0 Å². The summed E-state index contributed by atoms with van der Waals surface area (Å²) in [5.74, 6) is 0. The molecule has 0 fully saturated rings. The maximum absolute atomic E-state index is 10.7. The lowest BCUT2D eigenvalue weighted by molar-refractivity contribution is 0.111. The number of aromatic nitrogens is 2. The van der Waals surface area contributed by atoms with Crippen molar-refractivity contribution in [3.63, 3.8) is 0 Å². The number of aldehydes is 1. The van der Waals surface area contributed by atoms with Crippen molar-refractivity contribution in [2.75, 3.05) is 0 Å². The van der Waals surface area contributed by atoms with Gasteiger partial charge in [0.05, 0.1) is 6.20 Å². The fourth-order valence-corrected chi connectivity index (χ4v) is 1.74. The van der Waals surface area contributed by atoms with Crippen molar-refractivity contribution in [2.24, 2.45) is 0 Å². The summed E-state index contributed by atoms with van der Waals surface area (Å²) >= 11 is 2.24. The van der Waals surface area contributed by atoms with Gasteiger partial charge in [-0.1, -0.05) is 0 Å². The van der Waals surface area contributed by atoms with Gasteiger partial charge in [0.25, 0.3) is 0 Å². The van der Waals surface area contributed by atoms with Gasteiger partial charge in [-0.15, -0.1) is 0 Å². The summed E-state index contributed by atoms with van der Waals surface area (Å²) in [5, 5.41) is 0. The van der Waals surface area contributed by atoms with Gasteiger partial charge < -0.3 is 0 Å². The normalized spacial score (nSPS) is 10.6. The second kappa shape index (κ2) is 3.10. The molecule has 4 heteroatoms. The van der Waals surface area contributed by atoms with E-state index in [4.69, 9.17) is 0 Å². The summed E-state index contributed by atoms with van der Waals surface area (Å²) in [6.07, 6.45) is 2.41. The molecule has 0 radical (unpaired) electrons. The molecule has 0 aromatic carbocycles. The van der Waals surface area contributed by atoms with Crippen LogP contribution >= 0.6 is 22.6 Å². The lowest BCUT2D eigenvalue weighted by Crippen LogP contribution is -1.97. The minimum atomic E-state index is 0.603. The number of carbonyl (C=O) groups is 1. The molecular formula is C9H7IN2O. The number of rotatable bonds is 1. The molecule has 0 aliphatic rings. The Bertz CT molecular complexity index is 476. The van der Waals surface area contributed by atoms with Crippen LogP contribution in [0.1, 0.15) is 16.2 Å². The number of hydrogen-bond donors (Lipinski definition) is 0. The van der Waals surface area contributed by atoms with E-state index in [0.717, 1.165) is 21.2 Å². The number of fused-ring (bicyclic) bond motifs is 1. The van der Waals surface area contributed by atoms with Crippen molar-refractivity contribution in [2.45, 2.75) is 6.92 Å². The molecule has 0 atom stereocenters. The summed E-state index contributed by atoms with van der Waals surface area (Å²) in [6, 6.07) is 3.90. The molecule has 0 aliphatic heterocycles. The Labute approximate surface area is 88.9 Å². The molecule has 2 aromatic rings. The number of imidazole rings is 1. The third-order valence-electron chi connectivity index (χ3n) is 2.00. The zero-order valence-corrected chi connectivity index (χ0v) is 9.15. The zero-order chi connectivity index (χ0) is 9.42. The van der Waals surface area contributed by atoms with Gasteiger partial charge in [-0.2, -0.15) is 0 Å². The van der Waals surface area contributed by atoms with Gasteiger partial charge in [0.1, 0.15) is 11.3 Å². The Morgan fingerprint density at radius 1 is 1.54 bits per heavy atom. The van der Waals surface area contributed by atoms with Crippen LogP contribution in [-0.4, -0.2) is 15.7 Å². The molecule has 13 heavy (non-hydrogen) atoms. The van der Waals surface area contributed by atoms with E-state index in [9.17, 15) is 4.79 Å². The van der Waals surface area contributed by atoms with Crippen LogP contribution in [0.4, 0.5) is 0 Å². The van der Waals surface area contributed by atoms with Crippen LogP contribution in [0.5, 0.6) is 0 Å². The number of hydrogen-bond acceptors (Lipinski definition) is 2. The van der Waals surface area contributed by atoms with Gasteiger partial charge in [0.2, 0.25) is 0 Å². The highest BCUT2D eigenvalue weighted by Gasteiger charge is 2.05. The first-order chi connectivity index (χ1) is 6.24. The Morgan fingerprint density at radius 3 is 3.00 bits per heavy atom. The smallest absolute Gasteiger partial charge is 0.168 e. The van der Waals surface area contributed by atoms with E-state index in [1.165, 1.54) is 0 Å². The van der Waals surface area contributed by atoms with Gasteiger partial charge in [-0.05, 0) is 41.6 Å². The Kier molecular flexibility index (Phi) is 2.07. The molecule has 0 amide bonds. The average Bonchev–Trinajstić information content (AvgIpc) is 2.55. The van der Waals surface area contributed by atoms with E-state index in [1.54, 1.807) is 6.20 Å². The molecule has 3 nitrogen and oxygen atoms in total. The highest BCUT2D eigenvalue weighted by molar-refractivity contribution is 14.1. The van der Waals surface area contributed by atoms with Gasteiger partial charge in [-0.3, -0.25) is 9.20 Å². The average molecular weight is 286 g/mol. The van der Waals surface area contributed by atoms with Gasteiger partial charge in [-0.25, -0.2) is 4.98 Å². The molecule has 0 spiro atoms. The number of nitrogens with zero attached hydrogens (tertiary/aromatic N) is 2. The monoisotopic (exact) mass is 286 g/mol. The Morgan fingerprint density at radius 2 is 2.31 bits per heavy atom. The van der Waals surface area contributed by atoms with E-state index >= 15 is 0 Å². The highest BCUT2D eigenvalue weighted by atomic mass is 127. The fraction of sp³-hybridized carbons (Fsp3) is 0.111. The van der Waals surface area contributed by atoms with Crippen molar-refractivity contribution in [1.29, 1.82) is 0 Å². The summed E-state index contributed by atoms with van der Waals surface area (Å²) in [5.41, 5.74) is 2.48. The van der Waals surface area contributed by atoms with Crippen LogP contribution < -0.4 is 0 Å². The molecular weight excluding hydrogens is 279 g/mol. The molecule has 66 valence electrons. The number of aryl methyl sites for hydroxylation is 1. The van der Waals surface area contributed by atoms with Gasteiger partial charge in [0.15, 0.2) is 6.29 Å². The van der Waals surface area contributed by atoms with Crippen LogP contribution in [0.15, 0.2) is 18.3 Å². The van der Waals surface area contributed by atoms with Crippen molar-refractivity contribution in [3.05, 3.63) is 33.3 Å². The standard InChI is InChI=1S/C9H7IN2O/c1-6-8(10)2-3-9-11-4-7(5-13)12(6)9/h2-5H,1H3. The predicted molar refractivity (Wildman–Crippen MR) is 58.0 cm³/mol. The summed E-state index contributed by atoms with van der Waals surface area (Å²) in [7, 11) is 0. The molecule has 0 bridgehead atoms. The van der Waals surface area contributed by atoms with Crippen molar-refractivity contribution >= 4 is 34.5 Å². The summed E-state index contributed by atoms with van der Waals surface area (Å²) in [6.45, 7) is 1.98. The van der Waals surface area contributed by atoms with E-state index in [0.29, 0.717) is 5.69 Å². The Balaban J connectivity index is 2.93. The first kappa shape index (κ1) is 8.68. The topological polar surface area (TPSA) is 34.4 Å². The minimum Gasteiger partial charge on any atom is -0.296 e. The third-order valence-corrected chi connectivity index (χ3v) is 3.14. The van der Waals surface area contributed by atoms with E-state index in [1.807, 2.05) is 23.5 Å². The second-order valence-corrected chi connectivity index (χ2v) is 3.92. The first-order valence-corrected chi connectivity index (χ1v) is 4.89. The van der Waals surface area contributed by atoms with Crippen molar-refractivity contribution in [1.82, 2.24) is 9.38 Å². The van der Waals surface area contributed by atoms with Crippen molar-refractivity contribution in [3.8, 4) is 0 Å². The SMILES string of the molecule is Cc1c(I)ccc2ncc(C=O)n12. The van der Waals surface area contributed by atoms with Crippen molar-refractivity contribution < 1.29 is 4.79 Å².